The maximum atomic E-state index is 14.7. The van der Waals surface area contributed by atoms with Gasteiger partial charge in [-0.15, -0.1) is 0 Å². The highest BCUT2D eigenvalue weighted by Gasteiger charge is 2.63. The number of carboxylic acids is 1. The van der Waals surface area contributed by atoms with E-state index < -0.39 is 64.8 Å². The van der Waals surface area contributed by atoms with Gasteiger partial charge in [-0.3, -0.25) is 9.59 Å². The Kier molecular flexibility index (Phi) is 16.4. The average molecular weight is 834 g/mol. The molecule has 4 saturated heterocycles. The highest BCUT2D eigenvalue weighted by molar-refractivity contribution is 5.84. The lowest BCUT2D eigenvalue weighted by Crippen LogP contribution is -2.65. The normalized spacial score (nSPS) is 42.7. The van der Waals surface area contributed by atoms with E-state index in [2.05, 4.69) is 52.1 Å². The van der Waals surface area contributed by atoms with Crippen LogP contribution in [-0.4, -0.2) is 99.1 Å². The highest BCUT2D eigenvalue weighted by atomic mass is 16.8. The molecule has 11 nitrogen and oxygen atoms in total. The number of nitrogens with one attached hydrogen (secondary N) is 1. The molecule has 5 heterocycles. The van der Waals surface area contributed by atoms with Gasteiger partial charge in [0.25, 0.3) is 0 Å². The quantitative estimate of drug-likeness (QED) is 0.0779. The number of Topliss-reactive ketones (excluding diaryl/α,β-unsaturated/α-hetero) is 1. The Morgan fingerprint density at radius 1 is 0.864 bits per heavy atom. The van der Waals surface area contributed by atoms with E-state index in [4.69, 9.17) is 23.7 Å². The van der Waals surface area contributed by atoms with E-state index in [1.807, 2.05) is 41.5 Å². The molecule has 0 aromatic carbocycles. The van der Waals surface area contributed by atoms with Gasteiger partial charge < -0.3 is 44.3 Å². The molecule has 59 heavy (non-hydrogen) atoms. The molecule has 0 amide bonds. The molecule has 5 aliphatic heterocycles. The molecular formula is C48H83NO10. The van der Waals surface area contributed by atoms with Crippen molar-refractivity contribution in [2.24, 2.45) is 41.4 Å². The number of hydrogen-bond donors (Lipinski definition) is 4. The molecule has 0 radical (unpaired) electrons. The molecule has 0 aromatic rings. The molecule has 0 bridgehead atoms. The van der Waals surface area contributed by atoms with Gasteiger partial charge in [0.05, 0.1) is 59.8 Å². The molecule has 2 unspecified atom stereocenters. The van der Waals surface area contributed by atoms with Crippen molar-refractivity contribution >= 4 is 11.8 Å². The van der Waals surface area contributed by atoms with Gasteiger partial charge in [-0.1, -0.05) is 87.7 Å². The lowest BCUT2D eigenvalue weighted by molar-refractivity contribution is -0.398. The third-order valence-electron chi connectivity index (χ3n) is 15.9. The molecular weight excluding hydrogens is 751 g/mol. The molecule has 0 aliphatic carbocycles. The summed E-state index contributed by atoms with van der Waals surface area (Å²) in [5.74, 6) is -5.03. The van der Waals surface area contributed by atoms with E-state index in [1.54, 1.807) is 0 Å². The molecule has 4 N–H and O–H groups in total. The molecule has 5 rings (SSSR count). The number of carbonyl (C=O) groups excluding carboxylic acids is 1. The van der Waals surface area contributed by atoms with Gasteiger partial charge in [0.15, 0.2) is 11.6 Å². The van der Waals surface area contributed by atoms with Gasteiger partial charge in [-0.2, -0.15) is 0 Å². The Bertz CT molecular complexity index is 1430. The standard InChI is InChI=1S/C48H83NO10/c1-12-16-17-18-27-49-38-21-24-47(59-48(38)26-25-45(11,58-48)39-22-23-46(54,15-4)34(10)55-39)31(7)28-30(6)43(57-47)36(14-3)41(51)32(8)40(50)33(9)42-29(5)19-20-37(56-42)35(13-2)44(52)53/h21,24,29-40,42-43,49-50,54H,12-20,22-23,25-28H2,1-11H3,(H,52,53)/t29-,30-,31+,32-,33-,34-,35?,36-,37+,38+,39+,40+,42?,43-,45-,46+,47-,48-/m0/s1. The van der Waals surface area contributed by atoms with Gasteiger partial charge in [-0.25, -0.2) is 0 Å². The van der Waals surface area contributed by atoms with Crippen molar-refractivity contribution in [1.29, 1.82) is 0 Å². The van der Waals surface area contributed by atoms with Gasteiger partial charge >= 0.3 is 5.97 Å². The first-order valence-corrected chi connectivity index (χ1v) is 23.8. The summed E-state index contributed by atoms with van der Waals surface area (Å²) >= 11 is 0. The van der Waals surface area contributed by atoms with E-state index in [0.29, 0.717) is 44.9 Å². The molecule has 5 aliphatic rings. The number of aliphatic hydroxyl groups excluding tert-OH is 1. The Hall–Kier alpha value is -1.44. The molecule has 4 fully saturated rings. The van der Waals surface area contributed by atoms with Crippen LogP contribution in [0.5, 0.6) is 0 Å². The Balaban J connectivity index is 1.36. The summed E-state index contributed by atoms with van der Waals surface area (Å²) in [6.07, 6.45) is 12.7. The van der Waals surface area contributed by atoms with Gasteiger partial charge in [0.1, 0.15) is 5.78 Å². The maximum absolute atomic E-state index is 14.7. The first-order chi connectivity index (χ1) is 27.8. The number of carbonyl (C=O) groups is 2. The highest BCUT2D eigenvalue weighted by Crippen LogP contribution is 2.54. The van der Waals surface area contributed by atoms with E-state index >= 15 is 0 Å². The van der Waals surface area contributed by atoms with Crippen molar-refractivity contribution in [2.75, 3.05) is 6.54 Å². The number of ketones is 1. The average Bonchev–Trinajstić information content (AvgIpc) is 3.55. The SMILES string of the molecule is CCCCCCN[C@@H]1C=C[C@]2(O[C@H]([C@@H](CC)C(=O)[C@@H](C)[C@@H](O)[C@H](C)C3O[C@@H](C(CC)C(=O)O)CC[C@@H]3C)[C@@H](C)C[C@H]2C)O[C@@]12CC[C@@](C)([C@H]1CC[C@](O)(CC)[C@H](C)O1)O2. The summed E-state index contributed by atoms with van der Waals surface area (Å²) < 4.78 is 34.9. The van der Waals surface area contributed by atoms with Gasteiger partial charge in [0, 0.05) is 30.1 Å². The topological polar surface area (TPSA) is 153 Å². The van der Waals surface area contributed by atoms with E-state index in [-0.39, 0.29) is 53.8 Å². The number of ether oxygens (including phenoxy) is 5. The summed E-state index contributed by atoms with van der Waals surface area (Å²) in [5, 5.41) is 36.7. The van der Waals surface area contributed by atoms with Crippen molar-refractivity contribution in [3.05, 3.63) is 12.2 Å². The first kappa shape index (κ1) is 48.6. The molecule has 0 saturated carbocycles. The molecule has 340 valence electrons. The van der Waals surface area contributed by atoms with Crippen LogP contribution in [0.3, 0.4) is 0 Å². The Labute approximate surface area is 356 Å². The number of rotatable bonds is 18. The van der Waals surface area contributed by atoms with Crippen molar-refractivity contribution in [3.8, 4) is 0 Å². The number of aliphatic hydroxyl groups is 2. The monoisotopic (exact) mass is 834 g/mol. The summed E-state index contributed by atoms with van der Waals surface area (Å²) in [4.78, 5) is 26.7. The Morgan fingerprint density at radius 3 is 2.20 bits per heavy atom. The van der Waals surface area contributed by atoms with Crippen LogP contribution >= 0.6 is 0 Å². The van der Waals surface area contributed by atoms with Crippen LogP contribution in [-0.2, 0) is 33.3 Å². The molecule has 11 heteroatoms. The first-order valence-electron chi connectivity index (χ1n) is 23.8. The summed E-state index contributed by atoms with van der Waals surface area (Å²) in [5.41, 5.74) is -1.49. The number of carboxylic acid groups (broad SMARTS) is 1. The zero-order chi connectivity index (χ0) is 43.5. The van der Waals surface area contributed by atoms with Gasteiger partial charge in [0.2, 0.25) is 0 Å². The lowest BCUT2D eigenvalue weighted by Gasteiger charge is -2.55. The number of hydrogen-bond acceptors (Lipinski definition) is 10. The fourth-order valence-electron chi connectivity index (χ4n) is 11.5. The Morgan fingerprint density at radius 2 is 1.58 bits per heavy atom. The smallest absolute Gasteiger partial charge is 0.309 e. The third-order valence-corrected chi connectivity index (χ3v) is 15.9. The zero-order valence-corrected chi connectivity index (χ0v) is 38.5. The summed E-state index contributed by atoms with van der Waals surface area (Å²) in [6.45, 7) is 23.2. The third kappa shape index (κ3) is 10.0. The van der Waals surface area contributed by atoms with Crippen LogP contribution in [0, 0.1) is 41.4 Å². The van der Waals surface area contributed by atoms with Crippen molar-refractivity contribution in [2.45, 2.75) is 231 Å². The van der Waals surface area contributed by atoms with Crippen LogP contribution in [0.15, 0.2) is 12.2 Å². The fraction of sp³-hybridized carbons (Fsp3) is 0.917. The van der Waals surface area contributed by atoms with E-state index in [0.717, 1.165) is 38.6 Å². The van der Waals surface area contributed by atoms with Crippen molar-refractivity contribution in [1.82, 2.24) is 5.32 Å². The molecule has 18 atom stereocenters. The van der Waals surface area contributed by atoms with Crippen LogP contribution in [0.1, 0.15) is 166 Å². The molecule has 0 aromatic heterocycles. The van der Waals surface area contributed by atoms with Crippen LogP contribution in [0.2, 0.25) is 0 Å². The molecule has 2 spiro atoms. The fourth-order valence-corrected chi connectivity index (χ4v) is 11.5. The minimum absolute atomic E-state index is 0.0281. The van der Waals surface area contributed by atoms with Crippen molar-refractivity contribution < 1.29 is 48.6 Å². The predicted molar refractivity (Wildman–Crippen MR) is 229 cm³/mol. The van der Waals surface area contributed by atoms with Crippen LogP contribution in [0.4, 0.5) is 0 Å². The minimum Gasteiger partial charge on any atom is -0.481 e. The predicted octanol–water partition coefficient (Wildman–Crippen LogP) is 8.37. The van der Waals surface area contributed by atoms with Crippen molar-refractivity contribution in [3.63, 3.8) is 0 Å². The maximum Gasteiger partial charge on any atom is 0.309 e. The second kappa shape index (κ2) is 19.9. The largest absolute Gasteiger partial charge is 0.481 e. The summed E-state index contributed by atoms with van der Waals surface area (Å²) in [6, 6.07) is -0.217. The lowest BCUT2D eigenvalue weighted by atomic mass is 9.72. The second-order valence-corrected chi connectivity index (χ2v) is 20.0. The summed E-state index contributed by atoms with van der Waals surface area (Å²) in [7, 11) is 0. The number of aliphatic carboxylic acids is 1. The van der Waals surface area contributed by atoms with Gasteiger partial charge in [-0.05, 0) is 103 Å². The number of unbranched alkanes of at least 4 members (excludes halogenated alkanes) is 3. The van der Waals surface area contributed by atoms with E-state index in [9.17, 15) is 24.9 Å². The van der Waals surface area contributed by atoms with Crippen LogP contribution in [0.25, 0.3) is 0 Å². The van der Waals surface area contributed by atoms with E-state index in [1.165, 1.54) is 12.8 Å². The van der Waals surface area contributed by atoms with Crippen LogP contribution < -0.4 is 5.32 Å². The second-order valence-electron chi connectivity index (χ2n) is 20.0. The minimum atomic E-state index is -1.13. The zero-order valence-electron chi connectivity index (χ0n) is 38.5.